The molecule has 2 rings (SSSR count). The van der Waals surface area contributed by atoms with E-state index in [4.69, 9.17) is 4.74 Å². The molecule has 0 saturated carbocycles. The van der Waals surface area contributed by atoms with Crippen molar-refractivity contribution < 1.29 is 19.1 Å². The maximum atomic E-state index is 11.6. The van der Waals surface area contributed by atoms with Crippen molar-refractivity contribution in [3.8, 4) is 0 Å². The van der Waals surface area contributed by atoms with Crippen molar-refractivity contribution in [3.63, 3.8) is 0 Å². The third kappa shape index (κ3) is 2.99. The minimum absolute atomic E-state index is 0.0183. The molecule has 0 aliphatic heterocycles. The number of nitro benzene ring substituents is 1. The van der Waals surface area contributed by atoms with Crippen LogP contribution in [0.5, 0.6) is 0 Å². The van der Waals surface area contributed by atoms with Crippen LogP contribution in [0.4, 0.5) is 16.2 Å². The lowest BCUT2D eigenvalue weighted by molar-refractivity contribution is -0.383. The third-order valence-electron chi connectivity index (χ3n) is 2.18. The molecule has 0 spiro atoms. The third-order valence-corrected chi connectivity index (χ3v) is 2.18. The molecule has 1 aromatic carbocycles. The first kappa shape index (κ1) is 13.7. The van der Waals surface area contributed by atoms with E-state index in [1.54, 1.807) is 20.8 Å². The molecule has 2 aromatic rings. The van der Waals surface area contributed by atoms with Crippen LogP contribution >= 0.6 is 0 Å². The SMILES string of the molecule is CC(C)(C)OC(=O)Nc1cc([N+](=O)[O-])c2nonc2c1. The van der Waals surface area contributed by atoms with Gasteiger partial charge in [-0.3, -0.25) is 15.4 Å². The highest BCUT2D eigenvalue weighted by atomic mass is 16.6. The van der Waals surface area contributed by atoms with Gasteiger partial charge in [0.15, 0.2) is 0 Å². The number of nitrogens with one attached hydrogen (secondary N) is 1. The summed E-state index contributed by atoms with van der Waals surface area (Å²) in [5, 5.41) is 20.3. The van der Waals surface area contributed by atoms with Crippen molar-refractivity contribution in [3.05, 3.63) is 22.2 Å². The maximum Gasteiger partial charge on any atom is 0.412 e. The quantitative estimate of drug-likeness (QED) is 0.662. The van der Waals surface area contributed by atoms with Crippen LogP contribution in [0.25, 0.3) is 11.0 Å². The summed E-state index contributed by atoms with van der Waals surface area (Å²) in [4.78, 5) is 21.9. The Labute approximate surface area is 113 Å². The van der Waals surface area contributed by atoms with Crippen LogP contribution in [0.2, 0.25) is 0 Å². The number of rotatable bonds is 2. The minimum atomic E-state index is -0.720. The van der Waals surface area contributed by atoms with Crippen molar-refractivity contribution in [2.24, 2.45) is 0 Å². The number of fused-ring (bicyclic) bond motifs is 1. The van der Waals surface area contributed by atoms with Crippen LogP contribution in [-0.4, -0.2) is 26.9 Å². The van der Waals surface area contributed by atoms with Gasteiger partial charge in [0.05, 0.1) is 10.6 Å². The average Bonchev–Trinajstić information content (AvgIpc) is 2.72. The van der Waals surface area contributed by atoms with E-state index in [1.165, 1.54) is 6.07 Å². The fourth-order valence-electron chi connectivity index (χ4n) is 1.51. The van der Waals surface area contributed by atoms with E-state index in [1.807, 2.05) is 0 Å². The van der Waals surface area contributed by atoms with Gasteiger partial charge in [0.1, 0.15) is 11.1 Å². The Morgan fingerprint density at radius 3 is 2.70 bits per heavy atom. The number of nitro groups is 1. The number of amides is 1. The summed E-state index contributed by atoms with van der Waals surface area (Å²) in [6.07, 6.45) is -0.720. The molecule has 9 nitrogen and oxygen atoms in total. The number of ether oxygens (including phenoxy) is 1. The summed E-state index contributed by atoms with van der Waals surface area (Å²) in [6, 6.07) is 2.57. The highest BCUT2D eigenvalue weighted by Gasteiger charge is 2.21. The van der Waals surface area contributed by atoms with Crippen molar-refractivity contribution in [2.45, 2.75) is 26.4 Å². The lowest BCUT2D eigenvalue weighted by Crippen LogP contribution is -2.27. The fourth-order valence-corrected chi connectivity index (χ4v) is 1.51. The van der Waals surface area contributed by atoms with Crippen LogP contribution in [0.3, 0.4) is 0 Å². The predicted molar refractivity (Wildman–Crippen MR) is 68.3 cm³/mol. The number of benzene rings is 1. The van der Waals surface area contributed by atoms with Crippen molar-refractivity contribution >= 4 is 28.5 Å². The number of hydrogen-bond donors (Lipinski definition) is 1. The first-order valence-electron chi connectivity index (χ1n) is 5.67. The monoisotopic (exact) mass is 280 g/mol. The normalized spacial score (nSPS) is 11.3. The Kier molecular flexibility index (Phi) is 3.26. The average molecular weight is 280 g/mol. The highest BCUT2D eigenvalue weighted by molar-refractivity contribution is 5.92. The standard InChI is InChI=1S/C11H12N4O5/c1-11(2,3)19-10(16)12-6-4-7-9(14-20-13-7)8(5-6)15(17)18/h4-5H,1-3H3,(H,12,16). The van der Waals surface area contributed by atoms with Gasteiger partial charge in [-0.1, -0.05) is 0 Å². The summed E-state index contributed by atoms with van der Waals surface area (Å²) in [6.45, 7) is 5.12. The number of anilines is 1. The van der Waals surface area contributed by atoms with Crippen LogP contribution < -0.4 is 5.32 Å². The topological polar surface area (TPSA) is 120 Å². The molecular weight excluding hydrogens is 268 g/mol. The van der Waals surface area contributed by atoms with Gasteiger partial charge in [0, 0.05) is 6.07 Å². The molecule has 9 heteroatoms. The molecule has 1 N–H and O–H groups in total. The van der Waals surface area contributed by atoms with Gasteiger partial charge in [-0.2, -0.15) is 0 Å². The van der Waals surface area contributed by atoms with E-state index in [0.717, 1.165) is 6.07 Å². The molecule has 0 bridgehead atoms. The molecule has 0 fully saturated rings. The van der Waals surface area contributed by atoms with E-state index in [0.29, 0.717) is 0 Å². The van der Waals surface area contributed by atoms with Gasteiger partial charge in [-0.05, 0) is 37.2 Å². The fraction of sp³-hybridized carbons (Fsp3) is 0.364. The first-order valence-corrected chi connectivity index (χ1v) is 5.67. The molecule has 1 heterocycles. The molecule has 0 saturated heterocycles. The van der Waals surface area contributed by atoms with E-state index in [-0.39, 0.29) is 22.4 Å². The largest absolute Gasteiger partial charge is 0.444 e. The number of carbonyl (C=O) groups excluding carboxylic acids is 1. The molecule has 0 aliphatic carbocycles. The lowest BCUT2D eigenvalue weighted by Gasteiger charge is -2.19. The zero-order valence-corrected chi connectivity index (χ0v) is 11.0. The summed E-state index contributed by atoms with van der Waals surface area (Å²) >= 11 is 0. The molecular formula is C11H12N4O5. The Morgan fingerprint density at radius 2 is 2.10 bits per heavy atom. The van der Waals surface area contributed by atoms with Gasteiger partial charge in [-0.15, -0.1) is 0 Å². The van der Waals surface area contributed by atoms with Gasteiger partial charge < -0.3 is 4.74 Å². The first-order chi connectivity index (χ1) is 9.26. The Balaban J connectivity index is 2.31. The number of aromatic nitrogens is 2. The second kappa shape index (κ2) is 4.76. The van der Waals surface area contributed by atoms with E-state index < -0.39 is 16.6 Å². The maximum absolute atomic E-state index is 11.6. The molecule has 0 aliphatic rings. The number of hydrogen-bond acceptors (Lipinski definition) is 7. The second-order valence-electron chi connectivity index (χ2n) is 5.01. The van der Waals surface area contributed by atoms with Gasteiger partial charge in [0.25, 0.3) is 0 Å². The van der Waals surface area contributed by atoms with Gasteiger partial charge >= 0.3 is 11.8 Å². The van der Waals surface area contributed by atoms with Crippen LogP contribution in [0.1, 0.15) is 20.8 Å². The van der Waals surface area contributed by atoms with Gasteiger partial charge in [0.2, 0.25) is 5.52 Å². The van der Waals surface area contributed by atoms with E-state index >= 15 is 0 Å². The minimum Gasteiger partial charge on any atom is -0.444 e. The number of non-ortho nitro benzene ring substituents is 1. The Morgan fingerprint density at radius 1 is 1.40 bits per heavy atom. The molecule has 1 amide bonds. The zero-order chi connectivity index (χ0) is 14.9. The molecule has 106 valence electrons. The van der Waals surface area contributed by atoms with E-state index in [2.05, 4.69) is 20.3 Å². The van der Waals surface area contributed by atoms with Crippen molar-refractivity contribution in [1.29, 1.82) is 0 Å². The summed E-state index contributed by atoms with van der Waals surface area (Å²) in [7, 11) is 0. The van der Waals surface area contributed by atoms with Crippen molar-refractivity contribution in [1.82, 2.24) is 10.3 Å². The summed E-state index contributed by atoms with van der Waals surface area (Å²) in [5.74, 6) is 0. The van der Waals surface area contributed by atoms with Crippen LogP contribution in [0, 0.1) is 10.1 Å². The number of carbonyl (C=O) groups is 1. The number of nitrogens with zero attached hydrogens (tertiary/aromatic N) is 3. The predicted octanol–water partition coefficient (Wildman–Crippen LogP) is 2.48. The second-order valence-corrected chi connectivity index (χ2v) is 5.01. The van der Waals surface area contributed by atoms with Crippen LogP contribution in [0.15, 0.2) is 16.8 Å². The molecule has 0 radical (unpaired) electrons. The zero-order valence-electron chi connectivity index (χ0n) is 11.0. The highest BCUT2D eigenvalue weighted by Crippen LogP contribution is 2.27. The van der Waals surface area contributed by atoms with Gasteiger partial charge in [-0.25, -0.2) is 9.42 Å². The van der Waals surface area contributed by atoms with Crippen molar-refractivity contribution in [2.75, 3.05) is 5.32 Å². The Bertz CT molecular complexity index is 673. The summed E-state index contributed by atoms with van der Waals surface area (Å²) in [5.41, 5.74) is -0.616. The molecule has 20 heavy (non-hydrogen) atoms. The van der Waals surface area contributed by atoms with E-state index in [9.17, 15) is 14.9 Å². The smallest absolute Gasteiger partial charge is 0.412 e. The summed E-state index contributed by atoms with van der Waals surface area (Å²) < 4.78 is 9.50. The van der Waals surface area contributed by atoms with Crippen LogP contribution in [-0.2, 0) is 4.74 Å². The molecule has 1 aromatic heterocycles. The lowest BCUT2D eigenvalue weighted by atomic mass is 10.2. The molecule has 0 unspecified atom stereocenters. The molecule has 0 atom stereocenters. The Hall–Kier alpha value is -2.71.